The standard InChI is InChI=1S/C14H20N2/c1-9(2)11-7-6-8-12-13(11)14(10(3)4)15-16(12)5/h6-10H,1-5H3. The summed E-state index contributed by atoms with van der Waals surface area (Å²) < 4.78 is 2.00. The zero-order valence-electron chi connectivity index (χ0n) is 10.8. The lowest BCUT2D eigenvalue weighted by Gasteiger charge is -2.09. The third-order valence-corrected chi connectivity index (χ3v) is 3.11. The minimum absolute atomic E-state index is 0.476. The highest BCUT2D eigenvalue weighted by molar-refractivity contribution is 5.86. The molecule has 2 rings (SSSR count). The van der Waals surface area contributed by atoms with Gasteiger partial charge in [0, 0.05) is 12.4 Å². The van der Waals surface area contributed by atoms with Gasteiger partial charge in [-0.25, -0.2) is 0 Å². The number of hydrogen-bond donors (Lipinski definition) is 0. The van der Waals surface area contributed by atoms with Gasteiger partial charge >= 0.3 is 0 Å². The number of aromatic nitrogens is 2. The first kappa shape index (κ1) is 11.2. The molecule has 0 spiro atoms. The van der Waals surface area contributed by atoms with Crippen LogP contribution in [0.15, 0.2) is 18.2 Å². The van der Waals surface area contributed by atoms with E-state index < -0.39 is 0 Å². The smallest absolute Gasteiger partial charge is 0.0731 e. The van der Waals surface area contributed by atoms with Crippen LogP contribution >= 0.6 is 0 Å². The lowest BCUT2D eigenvalue weighted by molar-refractivity contribution is 0.728. The SMILES string of the molecule is CC(C)c1cccc2c1c(C(C)C)nn2C. The van der Waals surface area contributed by atoms with Crippen molar-refractivity contribution in [3.63, 3.8) is 0 Å². The van der Waals surface area contributed by atoms with Crippen LogP contribution in [0.4, 0.5) is 0 Å². The van der Waals surface area contributed by atoms with Gasteiger partial charge in [0.1, 0.15) is 0 Å². The molecule has 0 bridgehead atoms. The van der Waals surface area contributed by atoms with Gasteiger partial charge in [-0.3, -0.25) is 4.68 Å². The average Bonchev–Trinajstić information content (AvgIpc) is 2.56. The molecule has 16 heavy (non-hydrogen) atoms. The van der Waals surface area contributed by atoms with Gasteiger partial charge in [-0.1, -0.05) is 39.8 Å². The van der Waals surface area contributed by atoms with E-state index in [1.807, 2.05) is 11.7 Å². The van der Waals surface area contributed by atoms with Crippen LogP contribution in [0.25, 0.3) is 10.9 Å². The molecule has 2 aromatic rings. The molecule has 1 aromatic heterocycles. The Morgan fingerprint density at radius 1 is 1.06 bits per heavy atom. The second-order valence-electron chi connectivity index (χ2n) is 5.06. The van der Waals surface area contributed by atoms with E-state index >= 15 is 0 Å². The van der Waals surface area contributed by atoms with Crippen LogP contribution in [0.1, 0.15) is 50.8 Å². The van der Waals surface area contributed by atoms with Crippen molar-refractivity contribution < 1.29 is 0 Å². The first-order valence-corrected chi connectivity index (χ1v) is 5.98. The highest BCUT2D eigenvalue weighted by Gasteiger charge is 2.16. The Morgan fingerprint density at radius 2 is 1.75 bits per heavy atom. The molecule has 0 radical (unpaired) electrons. The van der Waals surface area contributed by atoms with Gasteiger partial charge in [-0.05, 0) is 23.5 Å². The molecular weight excluding hydrogens is 196 g/mol. The van der Waals surface area contributed by atoms with Crippen LogP contribution in [0.2, 0.25) is 0 Å². The van der Waals surface area contributed by atoms with Gasteiger partial charge in [0.25, 0.3) is 0 Å². The van der Waals surface area contributed by atoms with Crippen LogP contribution in [-0.2, 0) is 7.05 Å². The van der Waals surface area contributed by atoms with E-state index in [2.05, 4.69) is 51.0 Å². The number of aryl methyl sites for hydroxylation is 1. The fraction of sp³-hybridized carbons (Fsp3) is 0.500. The second-order valence-corrected chi connectivity index (χ2v) is 5.06. The summed E-state index contributed by atoms with van der Waals surface area (Å²) in [6, 6.07) is 6.50. The quantitative estimate of drug-likeness (QED) is 0.746. The molecule has 0 saturated heterocycles. The minimum atomic E-state index is 0.476. The summed E-state index contributed by atoms with van der Waals surface area (Å²) >= 11 is 0. The van der Waals surface area contributed by atoms with E-state index in [1.165, 1.54) is 22.2 Å². The van der Waals surface area contributed by atoms with Gasteiger partial charge in [-0.2, -0.15) is 5.10 Å². The molecule has 0 aliphatic rings. The maximum Gasteiger partial charge on any atom is 0.0731 e. The van der Waals surface area contributed by atoms with E-state index in [-0.39, 0.29) is 0 Å². The molecule has 0 fully saturated rings. The monoisotopic (exact) mass is 216 g/mol. The normalized spacial score (nSPS) is 11.9. The number of hydrogen-bond acceptors (Lipinski definition) is 1. The van der Waals surface area contributed by atoms with E-state index in [1.54, 1.807) is 0 Å². The van der Waals surface area contributed by atoms with E-state index in [0.717, 1.165) is 0 Å². The molecule has 0 unspecified atom stereocenters. The molecule has 0 N–H and O–H groups in total. The fourth-order valence-electron chi connectivity index (χ4n) is 2.26. The number of fused-ring (bicyclic) bond motifs is 1. The largest absolute Gasteiger partial charge is 0.268 e. The maximum absolute atomic E-state index is 4.65. The molecule has 1 aromatic carbocycles. The van der Waals surface area contributed by atoms with Crippen molar-refractivity contribution in [3.05, 3.63) is 29.5 Å². The molecule has 86 valence electrons. The summed E-state index contributed by atoms with van der Waals surface area (Å²) in [5.41, 5.74) is 3.88. The number of benzene rings is 1. The molecule has 2 nitrogen and oxygen atoms in total. The predicted molar refractivity (Wildman–Crippen MR) is 68.9 cm³/mol. The Morgan fingerprint density at radius 3 is 2.31 bits per heavy atom. The lowest BCUT2D eigenvalue weighted by Crippen LogP contribution is -1.94. The first-order valence-electron chi connectivity index (χ1n) is 5.98. The Bertz CT molecular complexity index is 507. The fourth-order valence-corrected chi connectivity index (χ4v) is 2.26. The van der Waals surface area contributed by atoms with Crippen molar-refractivity contribution in [2.75, 3.05) is 0 Å². The molecule has 0 amide bonds. The Balaban J connectivity index is 2.83. The van der Waals surface area contributed by atoms with E-state index in [9.17, 15) is 0 Å². The van der Waals surface area contributed by atoms with Crippen molar-refractivity contribution in [3.8, 4) is 0 Å². The Labute approximate surface area is 97.3 Å². The first-order chi connectivity index (χ1) is 7.52. The van der Waals surface area contributed by atoms with E-state index in [4.69, 9.17) is 0 Å². The Kier molecular flexibility index (Phi) is 2.75. The second kappa shape index (κ2) is 3.93. The summed E-state index contributed by atoms with van der Waals surface area (Å²) in [7, 11) is 2.03. The Hall–Kier alpha value is -1.31. The molecule has 2 heteroatoms. The van der Waals surface area contributed by atoms with Crippen LogP contribution in [0.5, 0.6) is 0 Å². The summed E-state index contributed by atoms with van der Waals surface area (Å²) in [5, 5.41) is 6.01. The van der Waals surface area contributed by atoms with E-state index in [0.29, 0.717) is 11.8 Å². The highest BCUT2D eigenvalue weighted by atomic mass is 15.3. The van der Waals surface area contributed by atoms with Gasteiger partial charge in [-0.15, -0.1) is 0 Å². The third-order valence-electron chi connectivity index (χ3n) is 3.11. The van der Waals surface area contributed by atoms with Crippen LogP contribution < -0.4 is 0 Å². The molecule has 1 heterocycles. The zero-order chi connectivity index (χ0) is 11.9. The highest BCUT2D eigenvalue weighted by Crippen LogP contribution is 2.31. The van der Waals surface area contributed by atoms with Crippen LogP contribution in [0, 0.1) is 0 Å². The lowest BCUT2D eigenvalue weighted by atomic mass is 9.95. The summed E-state index contributed by atoms with van der Waals surface area (Å²) in [5.74, 6) is 1.02. The van der Waals surface area contributed by atoms with Crippen molar-refractivity contribution in [1.29, 1.82) is 0 Å². The summed E-state index contributed by atoms with van der Waals surface area (Å²) in [6.07, 6.45) is 0. The predicted octanol–water partition coefficient (Wildman–Crippen LogP) is 3.82. The van der Waals surface area contributed by atoms with Crippen molar-refractivity contribution in [2.24, 2.45) is 7.05 Å². The maximum atomic E-state index is 4.65. The molecule has 0 aliphatic carbocycles. The molecule has 0 aliphatic heterocycles. The minimum Gasteiger partial charge on any atom is -0.268 e. The van der Waals surface area contributed by atoms with Crippen molar-refractivity contribution >= 4 is 10.9 Å². The average molecular weight is 216 g/mol. The topological polar surface area (TPSA) is 17.8 Å². The van der Waals surface area contributed by atoms with Crippen LogP contribution in [-0.4, -0.2) is 9.78 Å². The van der Waals surface area contributed by atoms with Crippen LogP contribution in [0.3, 0.4) is 0 Å². The molecule has 0 saturated carbocycles. The summed E-state index contributed by atoms with van der Waals surface area (Å²) in [4.78, 5) is 0. The molecular formula is C14H20N2. The number of rotatable bonds is 2. The van der Waals surface area contributed by atoms with Gasteiger partial charge < -0.3 is 0 Å². The van der Waals surface area contributed by atoms with Crippen molar-refractivity contribution in [2.45, 2.75) is 39.5 Å². The summed E-state index contributed by atoms with van der Waals surface area (Å²) in [6.45, 7) is 8.90. The van der Waals surface area contributed by atoms with Gasteiger partial charge in [0.2, 0.25) is 0 Å². The third kappa shape index (κ3) is 1.62. The van der Waals surface area contributed by atoms with Gasteiger partial charge in [0.05, 0.1) is 11.2 Å². The van der Waals surface area contributed by atoms with Crippen molar-refractivity contribution in [1.82, 2.24) is 9.78 Å². The van der Waals surface area contributed by atoms with Gasteiger partial charge in [0.15, 0.2) is 0 Å². The zero-order valence-corrected chi connectivity index (χ0v) is 10.8. The molecule has 0 atom stereocenters. The number of nitrogens with zero attached hydrogens (tertiary/aromatic N) is 2.